The van der Waals surface area contributed by atoms with Gasteiger partial charge >= 0.3 is 5.97 Å². The molecule has 1 aromatic carbocycles. The van der Waals surface area contributed by atoms with Gasteiger partial charge in [0.2, 0.25) is 5.91 Å². The van der Waals surface area contributed by atoms with Crippen LogP contribution in [0.4, 0.5) is 5.69 Å². The molecule has 1 aromatic heterocycles. The molecule has 0 radical (unpaired) electrons. The van der Waals surface area contributed by atoms with Gasteiger partial charge in [0.05, 0.1) is 18.4 Å². The molecule has 116 valence electrons. The number of hydrogen-bond donors (Lipinski definition) is 1. The van der Waals surface area contributed by atoms with Crippen LogP contribution < -0.4 is 5.32 Å². The van der Waals surface area contributed by atoms with Crippen molar-refractivity contribution >= 4 is 29.3 Å². The lowest BCUT2D eigenvalue weighted by molar-refractivity contribution is -0.115. The maximum atomic E-state index is 12.0. The second-order valence-corrected chi connectivity index (χ2v) is 5.57. The molecule has 1 heterocycles. The molecule has 22 heavy (non-hydrogen) atoms. The van der Waals surface area contributed by atoms with E-state index < -0.39 is 5.97 Å². The van der Waals surface area contributed by atoms with Crippen LogP contribution in [0.3, 0.4) is 0 Å². The second-order valence-electron chi connectivity index (χ2n) is 4.50. The van der Waals surface area contributed by atoms with Crippen LogP contribution in [0.15, 0.2) is 41.8 Å². The average Bonchev–Trinajstić information content (AvgIpc) is 2.92. The molecule has 1 amide bonds. The molecular formula is C15H17N3O3S. The first-order chi connectivity index (χ1) is 10.6. The fourth-order valence-electron chi connectivity index (χ4n) is 1.82. The molecule has 0 atom stereocenters. The SMILES string of the molecule is COC(=O)c1ccccc1NC(=O)CCSc1nccn1C. The lowest BCUT2D eigenvalue weighted by Crippen LogP contribution is -2.15. The van der Waals surface area contributed by atoms with E-state index in [9.17, 15) is 9.59 Å². The zero-order valence-corrected chi connectivity index (χ0v) is 13.2. The minimum absolute atomic E-state index is 0.155. The first-order valence-corrected chi connectivity index (χ1v) is 7.67. The van der Waals surface area contributed by atoms with E-state index in [1.807, 2.05) is 17.8 Å². The van der Waals surface area contributed by atoms with Crippen molar-refractivity contribution in [3.8, 4) is 0 Å². The zero-order chi connectivity index (χ0) is 15.9. The molecule has 0 saturated carbocycles. The number of thioether (sulfide) groups is 1. The highest BCUT2D eigenvalue weighted by Gasteiger charge is 2.13. The topological polar surface area (TPSA) is 73.2 Å². The number of aryl methyl sites for hydroxylation is 1. The average molecular weight is 319 g/mol. The van der Waals surface area contributed by atoms with Crippen molar-refractivity contribution < 1.29 is 14.3 Å². The minimum atomic E-state index is -0.474. The summed E-state index contributed by atoms with van der Waals surface area (Å²) in [7, 11) is 3.21. The molecule has 0 fully saturated rings. The second kappa shape index (κ2) is 7.65. The molecular weight excluding hydrogens is 302 g/mol. The number of nitrogens with zero attached hydrogens (tertiary/aromatic N) is 2. The first kappa shape index (κ1) is 16.1. The van der Waals surface area contributed by atoms with Crippen LogP contribution in [-0.4, -0.2) is 34.3 Å². The van der Waals surface area contributed by atoms with E-state index >= 15 is 0 Å². The summed E-state index contributed by atoms with van der Waals surface area (Å²) in [6, 6.07) is 6.77. The number of hydrogen-bond acceptors (Lipinski definition) is 5. The summed E-state index contributed by atoms with van der Waals surface area (Å²) in [5.41, 5.74) is 0.802. The van der Waals surface area contributed by atoms with E-state index in [0.717, 1.165) is 5.16 Å². The van der Waals surface area contributed by atoms with Gasteiger partial charge < -0.3 is 14.6 Å². The van der Waals surface area contributed by atoms with Gasteiger partial charge in [-0.1, -0.05) is 23.9 Å². The summed E-state index contributed by atoms with van der Waals surface area (Å²) in [6.45, 7) is 0. The number of imidazole rings is 1. The van der Waals surface area contributed by atoms with E-state index in [4.69, 9.17) is 4.74 Å². The lowest BCUT2D eigenvalue weighted by atomic mass is 10.2. The molecule has 7 heteroatoms. The Morgan fingerprint density at radius 2 is 2.14 bits per heavy atom. The van der Waals surface area contributed by atoms with Crippen LogP contribution in [0.5, 0.6) is 0 Å². The summed E-state index contributed by atoms with van der Waals surface area (Å²) < 4.78 is 6.59. The number of nitrogens with one attached hydrogen (secondary N) is 1. The van der Waals surface area contributed by atoms with Gasteiger partial charge in [-0.15, -0.1) is 0 Å². The maximum Gasteiger partial charge on any atom is 0.339 e. The van der Waals surface area contributed by atoms with Gasteiger partial charge in [-0.05, 0) is 12.1 Å². The molecule has 2 rings (SSSR count). The van der Waals surface area contributed by atoms with E-state index in [-0.39, 0.29) is 5.91 Å². The Morgan fingerprint density at radius 3 is 2.82 bits per heavy atom. The van der Waals surface area contributed by atoms with Crippen molar-refractivity contribution in [3.63, 3.8) is 0 Å². The van der Waals surface area contributed by atoms with E-state index in [1.54, 1.807) is 30.5 Å². The highest BCUT2D eigenvalue weighted by molar-refractivity contribution is 7.99. The summed E-state index contributed by atoms with van der Waals surface area (Å²) in [6.07, 6.45) is 3.90. The Morgan fingerprint density at radius 1 is 1.36 bits per heavy atom. The number of esters is 1. The van der Waals surface area contributed by atoms with Gasteiger partial charge in [0.25, 0.3) is 0 Å². The molecule has 0 aliphatic rings. The van der Waals surface area contributed by atoms with Crippen LogP contribution in [0.2, 0.25) is 0 Å². The van der Waals surface area contributed by atoms with Gasteiger partial charge in [-0.2, -0.15) is 0 Å². The largest absolute Gasteiger partial charge is 0.465 e. The third kappa shape index (κ3) is 4.11. The maximum absolute atomic E-state index is 12.0. The van der Waals surface area contributed by atoms with Gasteiger partial charge in [0.15, 0.2) is 5.16 Å². The number of para-hydroxylation sites is 1. The zero-order valence-electron chi connectivity index (χ0n) is 12.4. The van der Waals surface area contributed by atoms with E-state index in [1.165, 1.54) is 18.9 Å². The molecule has 6 nitrogen and oxygen atoms in total. The number of methoxy groups -OCH3 is 1. The normalized spacial score (nSPS) is 10.3. The van der Waals surface area contributed by atoms with Crippen LogP contribution in [-0.2, 0) is 16.6 Å². The number of aromatic nitrogens is 2. The molecule has 1 N–H and O–H groups in total. The van der Waals surface area contributed by atoms with Crippen LogP contribution >= 0.6 is 11.8 Å². The molecule has 0 unspecified atom stereocenters. The van der Waals surface area contributed by atoms with Gasteiger partial charge in [-0.25, -0.2) is 9.78 Å². The van der Waals surface area contributed by atoms with E-state index in [0.29, 0.717) is 23.4 Å². The molecule has 0 aliphatic heterocycles. The fraction of sp³-hybridized carbons (Fsp3) is 0.267. The number of carbonyl (C=O) groups is 2. The Kier molecular flexibility index (Phi) is 5.60. The number of benzene rings is 1. The van der Waals surface area contributed by atoms with E-state index in [2.05, 4.69) is 10.3 Å². The van der Waals surface area contributed by atoms with Gasteiger partial charge in [-0.3, -0.25) is 4.79 Å². The monoisotopic (exact) mass is 319 g/mol. The predicted octanol–water partition coefficient (Wildman–Crippen LogP) is 2.33. The Bertz CT molecular complexity index is 670. The van der Waals surface area contributed by atoms with Crippen LogP contribution in [0, 0.1) is 0 Å². The lowest BCUT2D eigenvalue weighted by Gasteiger charge is -2.09. The Labute approximate surface area is 132 Å². The van der Waals surface area contributed by atoms with Crippen molar-refractivity contribution in [2.75, 3.05) is 18.2 Å². The fourth-order valence-corrected chi connectivity index (χ4v) is 2.69. The van der Waals surface area contributed by atoms with Gasteiger partial charge in [0, 0.05) is 31.6 Å². The first-order valence-electron chi connectivity index (χ1n) is 6.69. The molecule has 2 aromatic rings. The third-order valence-electron chi connectivity index (χ3n) is 2.94. The molecule has 0 aliphatic carbocycles. The van der Waals surface area contributed by atoms with Crippen molar-refractivity contribution in [2.45, 2.75) is 11.6 Å². The van der Waals surface area contributed by atoms with Crippen molar-refractivity contribution in [2.24, 2.45) is 7.05 Å². The number of ether oxygens (including phenoxy) is 1. The van der Waals surface area contributed by atoms with Crippen molar-refractivity contribution in [1.82, 2.24) is 9.55 Å². The number of carbonyl (C=O) groups excluding carboxylic acids is 2. The Hall–Kier alpha value is -2.28. The standard InChI is InChI=1S/C15H17N3O3S/c1-18-9-8-16-15(18)22-10-7-13(19)17-12-6-4-3-5-11(12)14(20)21-2/h3-6,8-9H,7,10H2,1-2H3,(H,17,19). The summed E-state index contributed by atoms with van der Waals surface area (Å²) >= 11 is 1.51. The summed E-state index contributed by atoms with van der Waals surface area (Å²) in [5.74, 6) is -0.0202. The minimum Gasteiger partial charge on any atom is -0.465 e. The highest BCUT2D eigenvalue weighted by Crippen LogP contribution is 2.18. The van der Waals surface area contributed by atoms with Crippen LogP contribution in [0.1, 0.15) is 16.8 Å². The van der Waals surface area contributed by atoms with Crippen molar-refractivity contribution in [3.05, 3.63) is 42.2 Å². The quantitative estimate of drug-likeness (QED) is 0.653. The van der Waals surface area contributed by atoms with Crippen LogP contribution in [0.25, 0.3) is 0 Å². The smallest absolute Gasteiger partial charge is 0.339 e. The number of rotatable bonds is 6. The number of anilines is 1. The predicted molar refractivity (Wildman–Crippen MR) is 85.0 cm³/mol. The highest BCUT2D eigenvalue weighted by atomic mass is 32.2. The summed E-state index contributed by atoms with van der Waals surface area (Å²) in [4.78, 5) is 27.8. The van der Waals surface area contributed by atoms with Gasteiger partial charge in [0.1, 0.15) is 0 Å². The Balaban J connectivity index is 1.90. The molecule has 0 saturated heterocycles. The molecule has 0 bridgehead atoms. The summed E-state index contributed by atoms with van der Waals surface area (Å²) in [5, 5.41) is 3.60. The number of amides is 1. The molecule has 0 spiro atoms. The van der Waals surface area contributed by atoms with Crippen molar-refractivity contribution in [1.29, 1.82) is 0 Å². The third-order valence-corrected chi connectivity index (χ3v) is 4.00.